The van der Waals surface area contributed by atoms with Crippen molar-refractivity contribution in [3.63, 3.8) is 0 Å². The molecule has 9 nitrogen and oxygen atoms in total. The molecule has 3 rings (SSSR count). The van der Waals surface area contributed by atoms with Gasteiger partial charge in [0, 0.05) is 12.3 Å². The van der Waals surface area contributed by atoms with Crippen LogP contribution in [0.4, 0.5) is 4.79 Å². The minimum absolute atomic E-state index is 0.136. The third-order valence-corrected chi connectivity index (χ3v) is 6.48. The van der Waals surface area contributed by atoms with Crippen LogP contribution in [0.1, 0.15) is 31.4 Å². The summed E-state index contributed by atoms with van der Waals surface area (Å²) >= 11 is 0. The van der Waals surface area contributed by atoms with E-state index in [1.807, 2.05) is 42.5 Å². The quantitative estimate of drug-likeness (QED) is 0.397. The maximum absolute atomic E-state index is 13.6. The van der Waals surface area contributed by atoms with Crippen LogP contribution in [-0.2, 0) is 36.7 Å². The van der Waals surface area contributed by atoms with Gasteiger partial charge in [0.25, 0.3) is 0 Å². The Balaban J connectivity index is 1.80. The fraction of sp³-hybridized carbons (Fsp3) is 0.429. The summed E-state index contributed by atoms with van der Waals surface area (Å²) in [4.78, 5) is 51.3. The average molecular weight is 511 g/mol. The molecule has 2 aromatic carbocycles. The molecule has 0 bridgehead atoms. The summed E-state index contributed by atoms with van der Waals surface area (Å²) in [6.07, 6.45) is -0.313. The number of methoxy groups -OCH3 is 2. The van der Waals surface area contributed by atoms with Crippen LogP contribution in [0.2, 0.25) is 0 Å². The van der Waals surface area contributed by atoms with Gasteiger partial charge in [-0.3, -0.25) is 14.4 Å². The molecule has 1 fully saturated rings. The first-order chi connectivity index (χ1) is 17.6. The average Bonchev–Trinajstić information content (AvgIpc) is 3.66. The monoisotopic (exact) mass is 510 g/mol. The molecule has 0 aliphatic carbocycles. The fourth-order valence-electron chi connectivity index (χ4n) is 4.01. The van der Waals surface area contributed by atoms with Crippen molar-refractivity contribution in [3.05, 3.63) is 65.7 Å². The van der Waals surface area contributed by atoms with E-state index in [0.717, 1.165) is 11.1 Å². The number of rotatable bonds is 13. The van der Waals surface area contributed by atoms with E-state index in [0.29, 0.717) is 18.8 Å². The second-order valence-corrected chi connectivity index (χ2v) is 9.41. The molecule has 0 spiro atoms. The van der Waals surface area contributed by atoms with Gasteiger partial charge in [0.1, 0.15) is 11.4 Å². The molecule has 2 N–H and O–H groups in total. The predicted molar refractivity (Wildman–Crippen MR) is 136 cm³/mol. The van der Waals surface area contributed by atoms with Crippen molar-refractivity contribution in [2.75, 3.05) is 20.8 Å². The molecule has 198 valence electrons. The summed E-state index contributed by atoms with van der Waals surface area (Å²) in [5.74, 6) is -1.07. The van der Waals surface area contributed by atoms with Crippen LogP contribution < -0.4 is 15.4 Å². The first kappa shape index (κ1) is 27.9. The van der Waals surface area contributed by atoms with Crippen LogP contribution in [0.5, 0.6) is 5.75 Å². The van der Waals surface area contributed by atoms with Gasteiger partial charge in [0.15, 0.2) is 11.6 Å². The summed E-state index contributed by atoms with van der Waals surface area (Å²) < 4.78 is 15.1. The topological polar surface area (TPSA) is 123 Å². The summed E-state index contributed by atoms with van der Waals surface area (Å²) in [5.41, 5.74) is 0.794. The number of benzene rings is 2. The molecule has 0 saturated carbocycles. The molecule has 2 amide bonds. The zero-order chi connectivity index (χ0) is 27.0. The lowest BCUT2D eigenvalue weighted by atomic mass is 9.90. The van der Waals surface area contributed by atoms with E-state index >= 15 is 0 Å². The number of Topliss-reactive ketones (excluding diaryl/α,β-unsaturated/α-hetero) is 2. The molecule has 0 radical (unpaired) electrons. The highest BCUT2D eigenvalue weighted by atomic mass is 16.6. The molecule has 37 heavy (non-hydrogen) atoms. The van der Waals surface area contributed by atoms with E-state index in [-0.39, 0.29) is 24.4 Å². The van der Waals surface area contributed by atoms with Gasteiger partial charge in [-0.1, -0.05) is 42.5 Å². The van der Waals surface area contributed by atoms with Gasteiger partial charge >= 0.3 is 6.09 Å². The molecule has 1 heterocycles. The lowest BCUT2D eigenvalue weighted by Crippen LogP contribution is -2.50. The molecular formula is C28H34N2O7. The zero-order valence-corrected chi connectivity index (χ0v) is 21.6. The standard InChI is InChI=1S/C28H34N2O7/c1-18(29-27(34)36-4)24(31)16-21(14-20-10-12-22(35-3)13-11-20)26(33)30-23(25(32)28(2)17-37-28)15-19-8-6-5-7-9-19/h5-13,18,21,23H,14-17H2,1-4H3,(H,29,34)(H,30,33)/t18-,21-,23+,28-/m1/s1. The van der Waals surface area contributed by atoms with E-state index in [1.54, 1.807) is 26.2 Å². The summed E-state index contributed by atoms with van der Waals surface area (Å²) in [6, 6.07) is 14.9. The summed E-state index contributed by atoms with van der Waals surface area (Å²) in [7, 11) is 2.77. The van der Waals surface area contributed by atoms with Gasteiger partial charge in [0.2, 0.25) is 5.91 Å². The lowest BCUT2D eigenvalue weighted by Gasteiger charge is -2.24. The largest absolute Gasteiger partial charge is 0.497 e. The fourth-order valence-corrected chi connectivity index (χ4v) is 4.01. The SMILES string of the molecule is COC(=O)N[C@H](C)C(=O)C[C@@H](Cc1ccc(OC)cc1)C(=O)N[C@@H](Cc1ccccc1)C(=O)[C@@]1(C)CO1. The molecule has 0 aromatic heterocycles. The number of amides is 2. The van der Waals surface area contributed by atoms with Gasteiger partial charge in [0.05, 0.1) is 32.9 Å². The highest BCUT2D eigenvalue weighted by Crippen LogP contribution is 2.29. The Labute approximate surface area is 216 Å². The minimum Gasteiger partial charge on any atom is -0.497 e. The van der Waals surface area contributed by atoms with Crippen molar-refractivity contribution >= 4 is 23.6 Å². The number of hydrogen-bond donors (Lipinski definition) is 2. The number of epoxide rings is 1. The minimum atomic E-state index is -0.924. The predicted octanol–water partition coefficient (Wildman–Crippen LogP) is 2.64. The Morgan fingerprint density at radius 2 is 1.57 bits per heavy atom. The first-order valence-corrected chi connectivity index (χ1v) is 12.2. The van der Waals surface area contributed by atoms with Gasteiger partial charge in [-0.15, -0.1) is 0 Å². The van der Waals surface area contributed by atoms with E-state index in [4.69, 9.17) is 9.47 Å². The van der Waals surface area contributed by atoms with Crippen LogP contribution in [0.3, 0.4) is 0 Å². The Bertz CT molecular complexity index is 1100. The van der Waals surface area contributed by atoms with Gasteiger partial charge < -0.3 is 24.8 Å². The lowest BCUT2D eigenvalue weighted by molar-refractivity contribution is -0.134. The number of nitrogens with one attached hydrogen (secondary N) is 2. The molecular weight excluding hydrogens is 476 g/mol. The number of ether oxygens (including phenoxy) is 3. The zero-order valence-electron chi connectivity index (χ0n) is 21.6. The normalized spacial score (nSPS) is 18.6. The molecule has 2 aromatic rings. The van der Waals surface area contributed by atoms with Crippen LogP contribution in [0.15, 0.2) is 54.6 Å². The van der Waals surface area contributed by atoms with Crippen molar-refractivity contribution < 1.29 is 33.4 Å². The van der Waals surface area contributed by atoms with Crippen molar-refractivity contribution in [2.45, 2.75) is 50.8 Å². The Hall–Kier alpha value is -3.72. The molecule has 1 aliphatic rings. The van der Waals surface area contributed by atoms with Crippen LogP contribution in [-0.4, -0.2) is 62.1 Å². The van der Waals surface area contributed by atoms with Gasteiger partial charge in [-0.05, 0) is 49.9 Å². The Morgan fingerprint density at radius 1 is 0.946 bits per heavy atom. The van der Waals surface area contributed by atoms with Gasteiger partial charge in [-0.2, -0.15) is 0 Å². The van der Waals surface area contributed by atoms with E-state index < -0.39 is 35.6 Å². The third kappa shape index (κ3) is 7.88. The molecule has 9 heteroatoms. The molecule has 1 saturated heterocycles. The number of hydrogen-bond acceptors (Lipinski definition) is 7. The third-order valence-electron chi connectivity index (χ3n) is 6.48. The molecule has 1 aliphatic heterocycles. The smallest absolute Gasteiger partial charge is 0.407 e. The number of carbonyl (C=O) groups excluding carboxylic acids is 4. The first-order valence-electron chi connectivity index (χ1n) is 12.2. The Morgan fingerprint density at radius 3 is 2.14 bits per heavy atom. The van der Waals surface area contributed by atoms with Crippen LogP contribution >= 0.6 is 0 Å². The van der Waals surface area contributed by atoms with Crippen molar-refractivity contribution in [1.29, 1.82) is 0 Å². The number of carbonyl (C=O) groups is 4. The molecule has 4 atom stereocenters. The van der Waals surface area contributed by atoms with Crippen molar-refractivity contribution in [3.8, 4) is 5.75 Å². The van der Waals surface area contributed by atoms with Crippen LogP contribution in [0, 0.1) is 5.92 Å². The Kier molecular flexibility index (Phi) is 9.41. The summed E-state index contributed by atoms with van der Waals surface area (Å²) in [5, 5.41) is 5.34. The summed E-state index contributed by atoms with van der Waals surface area (Å²) in [6.45, 7) is 3.55. The number of ketones is 2. The number of alkyl carbamates (subject to hydrolysis) is 1. The van der Waals surface area contributed by atoms with E-state index in [1.165, 1.54) is 14.0 Å². The maximum Gasteiger partial charge on any atom is 0.407 e. The van der Waals surface area contributed by atoms with E-state index in [9.17, 15) is 19.2 Å². The second-order valence-electron chi connectivity index (χ2n) is 9.41. The molecule has 0 unspecified atom stereocenters. The van der Waals surface area contributed by atoms with Crippen molar-refractivity contribution in [1.82, 2.24) is 10.6 Å². The van der Waals surface area contributed by atoms with Gasteiger partial charge in [-0.25, -0.2) is 4.79 Å². The second kappa shape index (κ2) is 12.5. The maximum atomic E-state index is 13.6. The highest BCUT2D eigenvalue weighted by molar-refractivity contribution is 5.98. The van der Waals surface area contributed by atoms with Crippen molar-refractivity contribution in [2.24, 2.45) is 5.92 Å². The van der Waals surface area contributed by atoms with Crippen LogP contribution in [0.25, 0.3) is 0 Å². The van der Waals surface area contributed by atoms with E-state index in [2.05, 4.69) is 15.4 Å². The highest BCUT2D eigenvalue weighted by Gasteiger charge is 2.50.